The van der Waals surface area contributed by atoms with Crippen LogP contribution >= 0.6 is 11.3 Å². The zero-order chi connectivity index (χ0) is 19.9. The van der Waals surface area contributed by atoms with Crippen molar-refractivity contribution in [3.8, 4) is 0 Å². The third-order valence-electron chi connectivity index (χ3n) is 4.79. The summed E-state index contributed by atoms with van der Waals surface area (Å²) < 4.78 is 12.9. The van der Waals surface area contributed by atoms with E-state index in [-0.39, 0.29) is 17.6 Å². The Morgan fingerprint density at radius 2 is 2.07 bits per heavy atom. The molecule has 0 bridgehead atoms. The standard InChI is InChI=1S/C19H24FN5O2S/c20-15-6-3-13(4-7-15)10-22-18(27)19-24-23-17(28-19)12-25-9-1-2-14(11-25)5-8-16(21)26/h3-4,6-7,14H,1-2,5,8-12H2,(H2,21,26)(H,22,27). The van der Waals surface area contributed by atoms with Gasteiger partial charge in [0.2, 0.25) is 10.9 Å². The molecule has 2 amide bonds. The van der Waals surface area contributed by atoms with E-state index >= 15 is 0 Å². The first kappa shape index (κ1) is 20.3. The maximum Gasteiger partial charge on any atom is 0.282 e. The molecule has 0 radical (unpaired) electrons. The van der Waals surface area contributed by atoms with E-state index in [1.807, 2.05) is 0 Å². The number of nitrogens with zero attached hydrogens (tertiary/aromatic N) is 3. The summed E-state index contributed by atoms with van der Waals surface area (Å²) in [5.74, 6) is -0.380. The number of rotatable bonds is 8. The Morgan fingerprint density at radius 1 is 1.29 bits per heavy atom. The van der Waals surface area contributed by atoms with Crippen molar-refractivity contribution in [1.82, 2.24) is 20.4 Å². The maximum absolute atomic E-state index is 12.9. The number of carbonyl (C=O) groups excluding carboxylic acids is 2. The van der Waals surface area contributed by atoms with Crippen LogP contribution in [0.1, 0.15) is 46.1 Å². The van der Waals surface area contributed by atoms with Gasteiger partial charge in [0.05, 0.1) is 6.54 Å². The lowest BCUT2D eigenvalue weighted by Gasteiger charge is -2.31. The molecule has 28 heavy (non-hydrogen) atoms. The third kappa shape index (κ3) is 6.07. The molecule has 1 aliphatic rings. The normalized spacial score (nSPS) is 17.4. The molecule has 3 rings (SSSR count). The minimum Gasteiger partial charge on any atom is -0.370 e. The van der Waals surface area contributed by atoms with Crippen LogP contribution in [0.4, 0.5) is 4.39 Å². The van der Waals surface area contributed by atoms with Crippen molar-refractivity contribution >= 4 is 23.2 Å². The van der Waals surface area contributed by atoms with Crippen molar-refractivity contribution in [2.75, 3.05) is 13.1 Å². The molecule has 1 saturated heterocycles. The Kier molecular flexibility index (Phi) is 7.05. The van der Waals surface area contributed by atoms with Gasteiger partial charge in [-0.3, -0.25) is 14.5 Å². The van der Waals surface area contributed by atoms with Crippen molar-refractivity contribution < 1.29 is 14.0 Å². The zero-order valence-electron chi connectivity index (χ0n) is 15.6. The van der Waals surface area contributed by atoms with Gasteiger partial charge in [-0.25, -0.2) is 4.39 Å². The minimum atomic E-state index is -0.307. The lowest BCUT2D eigenvalue weighted by atomic mass is 9.93. The molecular formula is C19H24FN5O2S. The van der Waals surface area contributed by atoms with E-state index in [1.54, 1.807) is 12.1 Å². The Morgan fingerprint density at radius 3 is 2.82 bits per heavy atom. The zero-order valence-corrected chi connectivity index (χ0v) is 16.4. The Balaban J connectivity index is 1.48. The molecular weight excluding hydrogens is 381 g/mol. The Bertz CT molecular complexity index is 811. The molecule has 150 valence electrons. The number of primary amides is 1. The summed E-state index contributed by atoms with van der Waals surface area (Å²) in [6.45, 7) is 2.83. The number of aromatic nitrogens is 2. The monoisotopic (exact) mass is 405 g/mol. The number of amides is 2. The van der Waals surface area contributed by atoms with Crippen molar-refractivity contribution in [2.45, 2.75) is 38.8 Å². The average molecular weight is 405 g/mol. The predicted octanol–water partition coefficient (Wildman–Crippen LogP) is 2.08. The summed E-state index contributed by atoms with van der Waals surface area (Å²) in [7, 11) is 0. The average Bonchev–Trinajstić information content (AvgIpc) is 3.14. The van der Waals surface area contributed by atoms with Gasteiger partial charge in [-0.2, -0.15) is 0 Å². The van der Waals surface area contributed by atoms with Crippen molar-refractivity contribution in [3.63, 3.8) is 0 Å². The second-order valence-corrected chi connectivity index (χ2v) is 8.12. The quantitative estimate of drug-likeness (QED) is 0.700. The van der Waals surface area contributed by atoms with Crippen LogP contribution in [-0.4, -0.2) is 40.0 Å². The number of nitrogens with one attached hydrogen (secondary N) is 1. The summed E-state index contributed by atoms with van der Waals surface area (Å²) in [6.07, 6.45) is 3.43. The lowest BCUT2D eigenvalue weighted by Crippen LogP contribution is -2.35. The molecule has 0 aliphatic carbocycles. The number of carbonyl (C=O) groups is 2. The van der Waals surface area contributed by atoms with Crippen LogP contribution in [0, 0.1) is 11.7 Å². The minimum absolute atomic E-state index is 0.252. The highest BCUT2D eigenvalue weighted by molar-refractivity contribution is 7.13. The van der Waals surface area contributed by atoms with E-state index in [2.05, 4.69) is 20.4 Å². The van der Waals surface area contributed by atoms with Crippen LogP contribution in [0.2, 0.25) is 0 Å². The highest BCUT2D eigenvalue weighted by Gasteiger charge is 2.22. The molecule has 1 aromatic carbocycles. The fraction of sp³-hybridized carbons (Fsp3) is 0.474. The van der Waals surface area contributed by atoms with E-state index in [9.17, 15) is 14.0 Å². The Labute approximate surface area is 167 Å². The van der Waals surface area contributed by atoms with Gasteiger partial charge in [0.25, 0.3) is 5.91 Å². The van der Waals surface area contributed by atoms with E-state index in [1.165, 1.54) is 23.5 Å². The first-order valence-corrected chi connectivity index (χ1v) is 10.2. The number of likely N-dealkylation sites (tertiary alicyclic amines) is 1. The second-order valence-electron chi connectivity index (χ2n) is 7.06. The first-order chi connectivity index (χ1) is 13.5. The molecule has 0 saturated carbocycles. The number of hydrogen-bond acceptors (Lipinski definition) is 6. The molecule has 1 fully saturated rings. The van der Waals surface area contributed by atoms with Crippen LogP contribution in [-0.2, 0) is 17.9 Å². The first-order valence-electron chi connectivity index (χ1n) is 9.35. The van der Waals surface area contributed by atoms with Gasteiger partial charge >= 0.3 is 0 Å². The largest absolute Gasteiger partial charge is 0.370 e. The molecule has 9 heteroatoms. The van der Waals surface area contributed by atoms with E-state index in [4.69, 9.17) is 5.73 Å². The molecule has 1 atom stereocenters. The van der Waals surface area contributed by atoms with E-state index in [0.717, 1.165) is 42.9 Å². The summed E-state index contributed by atoms with van der Waals surface area (Å²) >= 11 is 1.28. The van der Waals surface area contributed by atoms with Crippen molar-refractivity contribution in [3.05, 3.63) is 45.7 Å². The van der Waals surface area contributed by atoms with E-state index in [0.29, 0.717) is 30.4 Å². The van der Waals surface area contributed by atoms with Gasteiger partial charge in [-0.15, -0.1) is 10.2 Å². The molecule has 7 nitrogen and oxygen atoms in total. The molecule has 3 N–H and O–H groups in total. The number of nitrogens with two attached hydrogens (primary N) is 1. The van der Waals surface area contributed by atoms with Gasteiger partial charge in [-0.1, -0.05) is 23.5 Å². The van der Waals surface area contributed by atoms with Gasteiger partial charge < -0.3 is 11.1 Å². The van der Waals surface area contributed by atoms with Gasteiger partial charge in [-0.05, 0) is 49.4 Å². The van der Waals surface area contributed by atoms with Gasteiger partial charge in [0.15, 0.2) is 0 Å². The van der Waals surface area contributed by atoms with Crippen molar-refractivity contribution in [1.29, 1.82) is 0 Å². The van der Waals surface area contributed by atoms with Crippen LogP contribution in [0.15, 0.2) is 24.3 Å². The maximum atomic E-state index is 12.9. The number of benzene rings is 1. The number of piperidine rings is 1. The lowest BCUT2D eigenvalue weighted by molar-refractivity contribution is -0.118. The van der Waals surface area contributed by atoms with E-state index < -0.39 is 0 Å². The Hall–Kier alpha value is -2.39. The van der Waals surface area contributed by atoms with Crippen LogP contribution in [0.3, 0.4) is 0 Å². The van der Waals surface area contributed by atoms with Gasteiger partial charge in [0.1, 0.15) is 10.8 Å². The fourth-order valence-corrected chi connectivity index (χ4v) is 4.14. The van der Waals surface area contributed by atoms with Crippen LogP contribution in [0.5, 0.6) is 0 Å². The molecule has 1 unspecified atom stereocenters. The summed E-state index contributed by atoms with van der Waals surface area (Å²) in [4.78, 5) is 25.5. The SMILES string of the molecule is NC(=O)CCC1CCCN(Cc2nnc(C(=O)NCc3ccc(F)cc3)s2)C1. The number of halogens is 1. The van der Waals surface area contributed by atoms with Gasteiger partial charge in [0, 0.05) is 19.5 Å². The van der Waals surface area contributed by atoms with Crippen molar-refractivity contribution in [2.24, 2.45) is 11.7 Å². The molecule has 1 aliphatic heterocycles. The topological polar surface area (TPSA) is 101 Å². The highest BCUT2D eigenvalue weighted by atomic mass is 32.1. The number of hydrogen-bond donors (Lipinski definition) is 2. The summed E-state index contributed by atoms with van der Waals surface area (Å²) in [5, 5.41) is 12.0. The summed E-state index contributed by atoms with van der Waals surface area (Å²) in [5.41, 5.74) is 6.06. The molecule has 2 aromatic rings. The highest BCUT2D eigenvalue weighted by Crippen LogP contribution is 2.23. The molecule has 0 spiro atoms. The fourth-order valence-electron chi connectivity index (χ4n) is 3.34. The second kappa shape index (κ2) is 9.70. The smallest absolute Gasteiger partial charge is 0.282 e. The predicted molar refractivity (Wildman–Crippen MR) is 104 cm³/mol. The summed E-state index contributed by atoms with van der Waals surface area (Å²) in [6, 6.07) is 5.98. The van der Waals surface area contributed by atoms with Crippen LogP contribution < -0.4 is 11.1 Å². The molecule has 1 aromatic heterocycles. The third-order valence-corrected chi connectivity index (χ3v) is 5.70. The molecule has 2 heterocycles. The van der Waals surface area contributed by atoms with Crippen LogP contribution in [0.25, 0.3) is 0 Å².